The Morgan fingerprint density at radius 1 is 1.23 bits per heavy atom. The van der Waals surface area contributed by atoms with Crippen molar-refractivity contribution in [2.24, 2.45) is 17.3 Å². The van der Waals surface area contributed by atoms with E-state index in [9.17, 15) is 9.59 Å². The minimum Gasteiger partial charge on any atom is -0.462 e. The molecule has 4 aliphatic carbocycles. The highest BCUT2D eigenvalue weighted by Crippen LogP contribution is 2.64. The number of esters is 1. The fourth-order valence-corrected chi connectivity index (χ4v) is 7.55. The van der Waals surface area contributed by atoms with Gasteiger partial charge < -0.3 is 10.1 Å². The second-order valence-corrected chi connectivity index (χ2v) is 10.6. The lowest BCUT2D eigenvalue weighted by Crippen LogP contribution is -2.57. The van der Waals surface area contributed by atoms with Crippen molar-refractivity contribution in [3.8, 4) is 0 Å². The average Bonchev–Trinajstić information content (AvgIpc) is 2.79. The van der Waals surface area contributed by atoms with Crippen LogP contribution in [0.4, 0.5) is 5.00 Å². The molecular formula is C20H26ClNO3S. The molecule has 4 fully saturated rings. The first-order chi connectivity index (χ1) is 12.3. The van der Waals surface area contributed by atoms with Gasteiger partial charge in [0.25, 0.3) is 0 Å². The summed E-state index contributed by atoms with van der Waals surface area (Å²) < 4.78 is 5.20. The second-order valence-electron chi connectivity index (χ2n) is 8.55. The number of aryl methyl sites for hydroxylation is 1. The van der Waals surface area contributed by atoms with Crippen molar-refractivity contribution in [1.29, 1.82) is 0 Å². The third-order valence-electron chi connectivity index (χ3n) is 6.56. The summed E-state index contributed by atoms with van der Waals surface area (Å²) in [4.78, 5) is 26.6. The first kappa shape index (κ1) is 18.3. The first-order valence-electron chi connectivity index (χ1n) is 9.53. The van der Waals surface area contributed by atoms with Gasteiger partial charge >= 0.3 is 5.97 Å². The molecule has 4 aliphatic rings. The molecule has 0 aromatic carbocycles. The fourth-order valence-electron chi connectivity index (χ4n) is 5.82. The number of hydrogen-bond acceptors (Lipinski definition) is 4. The molecule has 0 radical (unpaired) electrons. The lowest BCUT2D eigenvalue weighted by molar-refractivity contribution is -0.138. The highest BCUT2D eigenvalue weighted by atomic mass is 35.5. The largest absolute Gasteiger partial charge is 0.462 e. The molecule has 6 heteroatoms. The van der Waals surface area contributed by atoms with Gasteiger partial charge in [0.2, 0.25) is 5.91 Å². The Morgan fingerprint density at radius 2 is 1.88 bits per heavy atom. The zero-order chi connectivity index (χ0) is 18.7. The molecule has 0 aliphatic heterocycles. The summed E-state index contributed by atoms with van der Waals surface area (Å²) in [6.07, 6.45) is 5.94. The molecule has 2 unspecified atom stereocenters. The van der Waals surface area contributed by atoms with Crippen LogP contribution < -0.4 is 5.32 Å². The molecule has 4 atom stereocenters. The van der Waals surface area contributed by atoms with Crippen LogP contribution in [-0.4, -0.2) is 23.4 Å². The van der Waals surface area contributed by atoms with Crippen LogP contribution in [0, 0.1) is 31.1 Å². The standard InChI is InChI=1S/C20H26ClNO3S/c1-4-25-17(23)15-11(2)12(3)26-16(15)22-18(24)19-6-13-5-14(7-19)9-20(21,8-13)10-19/h13-14H,4-10H2,1-3H3,(H,22,24)/t13-,14+,19?,20?. The summed E-state index contributed by atoms with van der Waals surface area (Å²) in [5, 5.41) is 3.73. The Hall–Kier alpha value is -1.07. The number of halogens is 1. The van der Waals surface area contributed by atoms with Crippen LogP contribution in [0.3, 0.4) is 0 Å². The van der Waals surface area contributed by atoms with Crippen LogP contribution >= 0.6 is 22.9 Å². The molecule has 4 bridgehead atoms. The van der Waals surface area contributed by atoms with Gasteiger partial charge in [-0.05, 0) is 76.7 Å². The lowest BCUT2D eigenvalue weighted by atomic mass is 9.49. The van der Waals surface area contributed by atoms with Crippen molar-refractivity contribution in [1.82, 2.24) is 0 Å². The molecule has 1 aromatic rings. The van der Waals surface area contributed by atoms with Crippen molar-refractivity contribution in [3.05, 3.63) is 16.0 Å². The zero-order valence-corrected chi connectivity index (χ0v) is 17.2. The molecule has 1 aromatic heterocycles. The maximum atomic E-state index is 13.3. The van der Waals surface area contributed by atoms with Crippen LogP contribution in [-0.2, 0) is 9.53 Å². The minimum atomic E-state index is -0.371. The summed E-state index contributed by atoms with van der Waals surface area (Å²) >= 11 is 8.33. The highest BCUT2D eigenvalue weighted by molar-refractivity contribution is 7.16. The van der Waals surface area contributed by atoms with E-state index < -0.39 is 0 Å². The van der Waals surface area contributed by atoms with E-state index in [0.717, 1.165) is 42.5 Å². The summed E-state index contributed by atoms with van der Waals surface area (Å²) in [7, 11) is 0. The molecule has 0 saturated heterocycles. The van der Waals surface area contributed by atoms with Crippen LogP contribution in [0.1, 0.15) is 66.2 Å². The Morgan fingerprint density at radius 3 is 2.46 bits per heavy atom. The Labute approximate surface area is 163 Å². The van der Waals surface area contributed by atoms with E-state index in [0.29, 0.717) is 29.0 Å². The molecule has 4 nitrogen and oxygen atoms in total. The minimum absolute atomic E-state index is 0.0448. The number of rotatable bonds is 4. The summed E-state index contributed by atoms with van der Waals surface area (Å²) in [6.45, 7) is 5.99. The number of carbonyl (C=O) groups is 2. The van der Waals surface area contributed by atoms with Gasteiger partial charge in [-0.25, -0.2) is 4.79 Å². The predicted molar refractivity (Wildman–Crippen MR) is 104 cm³/mol. The van der Waals surface area contributed by atoms with Crippen molar-refractivity contribution in [3.63, 3.8) is 0 Å². The van der Waals surface area contributed by atoms with E-state index in [1.807, 2.05) is 13.8 Å². The monoisotopic (exact) mass is 395 g/mol. The Balaban J connectivity index is 1.61. The van der Waals surface area contributed by atoms with Crippen LogP contribution in [0.5, 0.6) is 0 Å². The molecule has 1 N–H and O–H groups in total. The molecule has 4 saturated carbocycles. The van der Waals surface area contributed by atoms with Gasteiger partial charge in [0, 0.05) is 9.75 Å². The van der Waals surface area contributed by atoms with Gasteiger partial charge in [0.05, 0.1) is 17.6 Å². The molecule has 0 spiro atoms. The third-order valence-corrected chi connectivity index (χ3v) is 8.13. The normalized spacial score (nSPS) is 34.8. The SMILES string of the molecule is CCOC(=O)c1c(NC(=O)C23C[C@@H]4C[C@@H](CC(Cl)(C4)C2)C3)sc(C)c1C. The number of alkyl halides is 1. The van der Waals surface area contributed by atoms with Crippen LogP contribution in [0.15, 0.2) is 0 Å². The summed E-state index contributed by atoms with van der Waals surface area (Å²) in [5.41, 5.74) is 1.03. The van der Waals surface area contributed by atoms with Gasteiger partial charge in [-0.3, -0.25) is 4.79 Å². The van der Waals surface area contributed by atoms with Crippen molar-refractivity contribution >= 4 is 39.8 Å². The number of anilines is 1. The van der Waals surface area contributed by atoms with Crippen LogP contribution in [0.2, 0.25) is 0 Å². The topological polar surface area (TPSA) is 55.4 Å². The highest BCUT2D eigenvalue weighted by Gasteiger charge is 2.60. The average molecular weight is 396 g/mol. The summed E-state index contributed by atoms with van der Waals surface area (Å²) in [6, 6.07) is 0. The molecule has 142 valence electrons. The van der Waals surface area contributed by atoms with E-state index in [-0.39, 0.29) is 22.2 Å². The van der Waals surface area contributed by atoms with Gasteiger partial charge in [0.1, 0.15) is 5.00 Å². The van der Waals surface area contributed by atoms with Gasteiger partial charge in [-0.15, -0.1) is 22.9 Å². The third kappa shape index (κ3) is 2.88. The van der Waals surface area contributed by atoms with E-state index >= 15 is 0 Å². The number of nitrogens with one attached hydrogen (secondary N) is 1. The number of ether oxygens (including phenoxy) is 1. The van der Waals surface area contributed by atoms with Crippen LogP contribution in [0.25, 0.3) is 0 Å². The molecular weight excluding hydrogens is 370 g/mol. The molecule has 5 rings (SSSR count). The quantitative estimate of drug-likeness (QED) is 0.572. The number of amides is 1. The Bertz CT molecular complexity index is 757. The number of thiophene rings is 1. The van der Waals surface area contributed by atoms with E-state index in [1.54, 1.807) is 6.92 Å². The van der Waals surface area contributed by atoms with Crippen molar-refractivity contribution < 1.29 is 14.3 Å². The van der Waals surface area contributed by atoms with E-state index in [4.69, 9.17) is 16.3 Å². The van der Waals surface area contributed by atoms with E-state index in [1.165, 1.54) is 17.8 Å². The molecule has 1 heterocycles. The maximum absolute atomic E-state index is 13.3. The Kier molecular flexibility index (Phi) is 4.39. The van der Waals surface area contributed by atoms with Gasteiger partial charge in [0.15, 0.2) is 0 Å². The van der Waals surface area contributed by atoms with Crippen molar-refractivity contribution in [2.45, 2.75) is 64.2 Å². The first-order valence-corrected chi connectivity index (χ1v) is 10.7. The van der Waals surface area contributed by atoms with Crippen molar-refractivity contribution in [2.75, 3.05) is 11.9 Å². The van der Waals surface area contributed by atoms with Gasteiger partial charge in [-0.1, -0.05) is 0 Å². The number of hydrogen-bond donors (Lipinski definition) is 1. The van der Waals surface area contributed by atoms with Gasteiger partial charge in [-0.2, -0.15) is 0 Å². The predicted octanol–water partition coefficient (Wildman–Crippen LogP) is 5.06. The summed E-state index contributed by atoms with van der Waals surface area (Å²) in [5.74, 6) is 0.819. The fraction of sp³-hybridized carbons (Fsp3) is 0.700. The molecule has 26 heavy (non-hydrogen) atoms. The molecule has 1 amide bonds. The maximum Gasteiger partial charge on any atom is 0.341 e. The lowest BCUT2D eigenvalue weighted by Gasteiger charge is -2.59. The second kappa shape index (κ2) is 6.23. The van der Waals surface area contributed by atoms with E-state index in [2.05, 4.69) is 5.32 Å². The zero-order valence-electron chi connectivity index (χ0n) is 15.6. The smallest absolute Gasteiger partial charge is 0.341 e. The number of carbonyl (C=O) groups excluding carboxylic acids is 2.